The van der Waals surface area contributed by atoms with Crippen molar-refractivity contribution in [2.75, 3.05) is 0 Å². The average molecular weight is 365 g/mol. The van der Waals surface area contributed by atoms with Crippen molar-refractivity contribution in [3.63, 3.8) is 0 Å². The highest BCUT2D eigenvalue weighted by molar-refractivity contribution is 5.99. The Kier molecular flexibility index (Phi) is 4.48. The maximum atomic E-state index is 12.8. The fourth-order valence-electron chi connectivity index (χ4n) is 3.94. The number of aromatic amines is 1. The summed E-state index contributed by atoms with van der Waals surface area (Å²) in [6.07, 6.45) is 5.58. The summed E-state index contributed by atoms with van der Waals surface area (Å²) in [4.78, 5) is 27.6. The first-order valence-corrected chi connectivity index (χ1v) is 9.22. The molecule has 0 bridgehead atoms. The standard InChI is InChI=1S/C21H22N2O4/c1-12-19(15-7-3-5-9-18(15)27-12)20(24)23-17(21(25)26)10-13-11-22-16-8-4-2-6-14(13)16/h2,4,6,8,11,17,22H,3,5,7,9-10H2,1H3,(H,23,24)(H,25,26)/p-1/t17-/m1/s1. The zero-order valence-corrected chi connectivity index (χ0v) is 15.1. The molecule has 2 aromatic heterocycles. The largest absolute Gasteiger partial charge is 0.548 e. The van der Waals surface area contributed by atoms with Gasteiger partial charge in [0.15, 0.2) is 0 Å². The second-order valence-electron chi connectivity index (χ2n) is 7.05. The zero-order valence-electron chi connectivity index (χ0n) is 15.1. The van der Waals surface area contributed by atoms with Crippen molar-refractivity contribution in [3.05, 3.63) is 58.7 Å². The van der Waals surface area contributed by atoms with Gasteiger partial charge in [0.1, 0.15) is 11.5 Å². The monoisotopic (exact) mass is 365 g/mol. The van der Waals surface area contributed by atoms with Crippen LogP contribution in [0.1, 0.15) is 45.8 Å². The van der Waals surface area contributed by atoms with Crippen molar-refractivity contribution >= 4 is 22.8 Å². The number of nitrogens with one attached hydrogen (secondary N) is 2. The SMILES string of the molecule is Cc1oc2c(c1C(=O)N[C@H](Cc1c[nH]c3ccccc13)C(=O)[O-])CCCC2. The summed E-state index contributed by atoms with van der Waals surface area (Å²) in [6.45, 7) is 1.75. The maximum absolute atomic E-state index is 12.8. The predicted molar refractivity (Wildman–Crippen MR) is 98.4 cm³/mol. The molecule has 27 heavy (non-hydrogen) atoms. The molecular formula is C21H21N2O4-. The van der Waals surface area contributed by atoms with Crippen LogP contribution in [0.5, 0.6) is 0 Å². The number of carbonyl (C=O) groups is 2. The van der Waals surface area contributed by atoms with Gasteiger partial charge in [0, 0.05) is 35.5 Å². The number of carbonyl (C=O) groups excluding carboxylic acids is 2. The fourth-order valence-corrected chi connectivity index (χ4v) is 3.94. The molecule has 1 aromatic carbocycles. The quantitative estimate of drug-likeness (QED) is 0.723. The van der Waals surface area contributed by atoms with E-state index in [2.05, 4.69) is 10.3 Å². The van der Waals surface area contributed by atoms with E-state index >= 15 is 0 Å². The van der Waals surface area contributed by atoms with Crippen molar-refractivity contribution in [1.82, 2.24) is 10.3 Å². The number of H-pyrrole nitrogens is 1. The molecule has 0 aliphatic heterocycles. The van der Waals surface area contributed by atoms with Gasteiger partial charge in [-0.1, -0.05) is 18.2 Å². The van der Waals surface area contributed by atoms with Gasteiger partial charge in [-0.3, -0.25) is 4.79 Å². The Morgan fingerprint density at radius 3 is 2.85 bits per heavy atom. The minimum atomic E-state index is -1.30. The van der Waals surface area contributed by atoms with Gasteiger partial charge in [-0.25, -0.2) is 0 Å². The molecule has 1 aliphatic rings. The van der Waals surface area contributed by atoms with Gasteiger partial charge in [-0.2, -0.15) is 0 Å². The Labute approximate surface area is 156 Å². The van der Waals surface area contributed by atoms with Crippen molar-refractivity contribution in [2.45, 2.75) is 45.1 Å². The van der Waals surface area contributed by atoms with E-state index in [1.807, 2.05) is 24.3 Å². The molecule has 1 amide bonds. The number of aliphatic carboxylic acids is 1. The number of furan rings is 1. The molecule has 6 nitrogen and oxygen atoms in total. The van der Waals surface area contributed by atoms with E-state index in [9.17, 15) is 14.7 Å². The number of aromatic nitrogens is 1. The normalized spacial score (nSPS) is 14.7. The van der Waals surface area contributed by atoms with Crippen LogP contribution in [0, 0.1) is 6.92 Å². The number of para-hydroxylation sites is 1. The van der Waals surface area contributed by atoms with Crippen LogP contribution in [0.2, 0.25) is 0 Å². The number of amides is 1. The first-order valence-electron chi connectivity index (χ1n) is 9.22. The Morgan fingerprint density at radius 2 is 2.04 bits per heavy atom. The van der Waals surface area contributed by atoms with Gasteiger partial charge in [0.25, 0.3) is 5.91 Å². The summed E-state index contributed by atoms with van der Waals surface area (Å²) < 4.78 is 5.73. The third-order valence-corrected chi connectivity index (χ3v) is 5.26. The van der Waals surface area contributed by atoms with E-state index in [1.54, 1.807) is 13.1 Å². The molecule has 2 N–H and O–H groups in total. The Bertz CT molecular complexity index is 1010. The number of carboxylic acids is 1. The molecule has 1 atom stereocenters. The molecule has 3 aromatic rings. The molecule has 4 rings (SSSR count). The van der Waals surface area contributed by atoms with Crippen molar-refractivity contribution < 1.29 is 19.1 Å². The number of aryl methyl sites for hydroxylation is 2. The summed E-state index contributed by atoms with van der Waals surface area (Å²) >= 11 is 0. The van der Waals surface area contributed by atoms with E-state index < -0.39 is 17.9 Å². The van der Waals surface area contributed by atoms with Gasteiger partial charge in [0.05, 0.1) is 17.6 Å². The van der Waals surface area contributed by atoms with E-state index in [1.165, 1.54) is 0 Å². The van der Waals surface area contributed by atoms with Crippen LogP contribution in [0.4, 0.5) is 0 Å². The average Bonchev–Trinajstić information content (AvgIpc) is 3.21. The second-order valence-corrected chi connectivity index (χ2v) is 7.05. The molecule has 0 radical (unpaired) electrons. The van der Waals surface area contributed by atoms with Crippen LogP contribution in [-0.4, -0.2) is 22.9 Å². The van der Waals surface area contributed by atoms with Crippen LogP contribution in [-0.2, 0) is 24.1 Å². The fraction of sp³-hybridized carbons (Fsp3) is 0.333. The predicted octanol–water partition coefficient (Wildman–Crippen LogP) is 2.04. The molecule has 0 spiro atoms. The zero-order chi connectivity index (χ0) is 19.0. The Hall–Kier alpha value is -3.02. The Balaban J connectivity index is 1.58. The van der Waals surface area contributed by atoms with E-state index in [4.69, 9.17) is 4.42 Å². The summed E-state index contributed by atoms with van der Waals surface area (Å²) in [7, 11) is 0. The number of rotatable bonds is 5. The first kappa shape index (κ1) is 17.4. The van der Waals surface area contributed by atoms with Gasteiger partial charge < -0.3 is 24.6 Å². The van der Waals surface area contributed by atoms with Crippen LogP contribution >= 0.6 is 0 Å². The molecule has 0 saturated heterocycles. The molecule has 0 saturated carbocycles. The smallest absolute Gasteiger partial charge is 0.255 e. The lowest BCUT2D eigenvalue weighted by molar-refractivity contribution is -0.308. The van der Waals surface area contributed by atoms with Crippen LogP contribution < -0.4 is 10.4 Å². The molecule has 6 heteroatoms. The van der Waals surface area contributed by atoms with Crippen LogP contribution in [0.15, 0.2) is 34.9 Å². The number of carboxylic acid groups (broad SMARTS) is 1. The topological polar surface area (TPSA) is 98.2 Å². The minimum absolute atomic E-state index is 0.150. The minimum Gasteiger partial charge on any atom is -0.548 e. The lowest BCUT2D eigenvalue weighted by atomic mass is 9.94. The van der Waals surface area contributed by atoms with E-state index in [0.29, 0.717) is 11.3 Å². The highest BCUT2D eigenvalue weighted by Crippen LogP contribution is 2.29. The van der Waals surface area contributed by atoms with Crippen molar-refractivity contribution in [2.24, 2.45) is 0 Å². The van der Waals surface area contributed by atoms with Gasteiger partial charge in [-0.15, -0.1) is 0 Å². The van der Waals surface area contributed by atoms with Gasteiger partial charge in [-0.05, 0) is 37.8 Å². The first-order chi connectivity index (χ1) is 13.0. The Morgan fingerprint density at radius 1 is 1.26 bits per heavy atom. The van der Waals surface area contributed by atoms with Gasteiger partial charge in [0.2, 0.25) is 0 Å². The summed E-state index contributed by atoms with van der Waals surface area (Å²) in [6, 6.07) is 6.53. The van der Waals surface area contributed by atoms with E-state index in [-0.39, 0.29) is 6.42 Å². The lowest BCUT2D eigenvalue weighted by Crippen LogP contribution is -2.49. The third kappa shape index (κ3) is 3.23. The summed E-state index contributed by atoms with van der Waals surface area (Å²) in [5, 5.41) is 15.3. The highest BCUT2D eigenvalue weighted by Gasteiger charge is 2.27. The molecule has 0 unspecified atom stereocenters. The van der Waals surface area contributed by atoms with Crippen molar-refractivity contribution in [3.8, 4) is 0 Å². The molecule has 1 aliphatic carbocycles. The van der Waals surface area contributed by atoms with Crippen LogP contribution in [0.3, 0.4) is 0 Å². The number of benzene rings is 1. The molecule has 2 heterocycles. The second kappa shape index (κ2) is 6.95. The maximum Gasteiger partial charge on any atom is 0.255 e. The van der Waals surface area contributed by atoms with E-state index in [0.717, 1.165) is 53.5 Å². The highest BCUT2D eigenvalue weighted by atomic mass is 16.4. The lowest BCUT2D eigenvalue weighted by Gasteiger charge is -2.20. The van der Waals surface area contributed by atoms with Crippen LogP contribution in [0.25, 0.3) is 10.9 Å². The number of hydrogen-bond donors (Lipinski definition) is 2. The molecule has 0 fully saturated rings. The molecular weight excluding hydrogens is 344 g/mol. The molecule has 140 valence electrons. The van der Waals surface area contributed by atoms with Crippen molar-refractivity contribution in [1.29, 1.82) is 0 Å². The number of fused-ring (bicyclic) bond motifs is 2. The van der Waals surface area contributed by atoms with Gasteiger partial charge >= 0.3 is 0 Å². The number of hydrogen-bond acceptors (Lipinski definition) is 4. The summed E-state index contributed by atoms with van der Waals surface area (Å²) in [5.41, 5.74) is 3.15. The summed E-state index contributed by atoms with van der Waals surface area (Å²) in [5.74, 6) is -0.314. The third-order valence-electron chi connectivity index (χ3n) is 5.26.